The van der Waals surface area contributed by atoms with E-state index >= 15 is 0 Å². The molecule has 1 heterocycles. The molecule has 0 aliphatic carbocycles. The van der Waals surface area contributed by atoms with Crippen LogP contribution in [0.2, 0.25) is 0 Å². The highest BCUT2D eigenvalue weighted by Crippen LogP contribution is 2.12. The first-order chi connectivity index (χ1) is 12.1. The van der Waals surface area contributed by atoms with E-state index in [1.54, 1.807) is 16.8 Å². The van der Waals surface area contributed by atoms with Crippen molar-refractivity contribution in [2.45, 2.75) is 20.8 Å². The molecule has 0 bridgehead atoms. The number of carbonyl (C=O) groups is 1. The number of benzene rings is 2. The van der Waals surface area contributed by atoms with E-state index < -0.39 is 0 Å². The van der Waals surface area contributed by atoms with E-state index in [2.05, 4.69) is 15.3 Å². The lowest BCUT2D eigenvalue weighted by molar-refractivity contribution is 0.100. The van der Waals surface area contributed by atoms with Crippen molar-refractivity contribution in [1.29, 1.82) is 0 Å². The zero-order valence-corrected chi connectivity index (χ0v) is 14.7. The molecule has 0 N–H and O–H groups in total. The number of hydrogen-bond acceptors (Lipinski definition) is 3. The van der Waals surface area contributed by atoms with Crippen LogP contribution in [0.4, 0.5) is 0 Å². The second-order valence-corrected chi connectivity index (χ2v) is 5.75. The van der Waals surface area contributed by atoms with Gasteiger partial charge in [-0.25, -0.2) is 0 Å². The molecule has 0 aliphatic rings. The van der Waals surface area contributed by atoms with Gasteiger partial charge >= 0.3 is 0 Å². The van der Waals surface area contributed by atoms with E-state index in [0.29, 0.717) is 24.6 Å². The van der Waals surface area contributed by atoms with E-state index in [1.165, 1.54) is 0 Å². The Balaban J connectivity index is 2.08. The second-order valence-electron chi connectivity index (χ2n) is 5.75. The summed E-state index contributed by atoms with van der Waals surface area (Å²) in [6.45, 7) is 7.46. The molecule has 128 valence electrons. The predicted molar refractivity (Wildman–Crippen MR) is 98.8 cm³/mol. The zero-order chi connectivity index (χ0) is 17.8. The topological polar surface area (TPSA) is 63.4 Å². The lowest BCUT2D eigenvalue weighted by atomic mass is 10.1. The van der Waals surface area contributed by atoms with Gasteiger partial charge in [-0.2, -0.15) is 9.67 Å². The maximum atomic E-state index is 12.7. The molecule has 0 saturated heterocycles. The Hall–Kier alpha value is -3.02. The quantitative estimate of drug-likeness (QED) is 0.545. The Kier molecular flexibility index (Phi) is 4.88. The average Bonchev–Trinajstić information content (AvgIpc) is 3.06. The monoisotopic (exact) mass is 335 g/mol. The van der Waals surface area contributed by atoms with Gasteiger partial charge in [0.1, 0.15) is 5.52 Å². The number of hydrogen-bond donors (Lipinski definition) is 0. The highest BCUT2D eigenvalue weighted by atomic mass is 16.1. The molecular weight excluding hydrogens is 314 g/mol. The van der Waals surface area contributed by atoms with Gasteiger partial charge in [-0.1, -0.05) is 35.0 Å². The van der Waals surface area contributed by atoms with Crippen LogP contribution < -0.4 is 0 Å². The third-order valence-corrected chi connectivity index (χ3v) is 4.09. The summed E-state index contributed by atoms with van der Waals surface area (Å²) in [5.74, 6) is 0.200. The normalized spacial score (nSPS) is 11.7. The summed E-state index contributed by atoms with van der Waals surface area (Å²) in [4.78, 5) is 19.0. The molecule has 6 nitrogen and oxygen atoms in total. The van der Waals surface area contributed by atoms with Crippen LogP contribution in [0.5, 0.6) is 0 Å². The smallest absolute Gasteiger partial charge is 0.280 e. The van der Waals surface area contributed by atoms with Crippen LogP contribution in [0.25, 0.3) is 11.0 Å². The van der Waals surface area contributed by atoms with Crippen LogP contribution in [0.1, 0.15) is 29.8 Å². The van der Waals surface area contributed by atoms with E-state index in [1.807, 2.05) is 62.1 Å². The van der Waals surface area contributed by atoms with Gasteiger partial charge < -0.3 is 4.90 Å². The summed E-state index contributed by atoms with van der Waals surface area (Å²) in [5.41, 5.74) is 3.25. The lowest BCUT2D eigenvalue weighted by Crippen LogP contribution is -2.37. The molecule has 1 amide bonds. The Morgan fingerprint density at radius 1 is 1.08 bits per heavy atom. The number of aryl methyl sites for hydroxylation is 1. The van der Waals surface area contributed by atoms with Gasteiger partial charge in [0.15, 0.2) is 0 Å². The largest absolute Gasteiger partial charge is 0.341 e. The van der Waals surface area contributed by atoms with Crippen molar-refractivity contribution in [3.8, 4) is 0 Å². The van der Waals surface area contributed by atoms with Crippen molar-refractivity contribution in [1.82, 2.24) is 19.9 Å². The molecule has 0 fully saturated rings. The van der Waals surface area contributed by atoms with Crippen molar-refractivity contribution in [2.75, 3.05) is 13.1 Å². The summed E-state index contributed by atoms with van der Waals surface area (Å²) in [6, 6.07) is 15.0. The van der Waals surface area contributed by atoms with Gasteiger partial charge in [0, 0.05) is 18.7 Å². The molecule has 0 unspecified atom stereocenters. The van der Waals surface area contributed by atoms with Gasteiger partial charge in [0.05, 0.1) is 5.52 Å². The van der Waals surface area contributed by atoms with Crippen molar-refractivity contribution in [2.24, 2.45) is 4.99 Å². The second kappa shape index (κ2) is 7.25. The minimum Gasteiger partial charge on any atom is -0.341 e. The molecule has 0 spiro atoms. The highest BCUT2D eigenvalue weighted by molar-refractivity contribution is 6.04. The summed E-state index contributed by atoms with van der Waals surface area (Å²) >= 11 is 0. The van der Waals surface area contributed by atoms with Crippen LogP contribution in [0.3, 0.4) is 0 Å². The Morgan fingerprint density at radius 2 is 1.76 bits per heavy atom. The van der Waals surface area contributed by atoms with Gasteiger partial charge in [-0.05, 0) is 45.0 Å². The van der Waals surface area contributed by atoms with Gasteiger partial charge in [0.2, 0.25) is 5.96 Å². The molecule has 3 aromatic rings. The summed E-state index contributed by atoms with van der Waals surface area (Å²) < 4.78 is 1.63. The van der Waals surface area contributed by atoms with Gasteiger partial charge in [0.25, 0.3) is 5.91 Å². The van der Waals surface area contributed by atoms with Crippen LogP contribution in [-0.4, -0.2) is 44.9 Å². The number of para-hydroxylation sites is 1. The minimum atomic E-state index is -0.290. The third kappa shape index (κ3) is 3.42. The number of rotatable bonds is 3. The molecule has 0 atom stereocenters. The van der Waals surface area contributed by atoms with Crippen LogP contribution in [-0.2, 0) is 0 Å². The number of aliphatic imine (C=N–C) groups is 1. The SMILES string of the molecule is CCN(CC)C(=NC(=O)c1ccc(C)cc1)n1nnc2ccccc21. The minimum absolute atomic E-state index is 0.290. The molecule has 25 heavy (non-hydrogen) atoms. The number of amides is 1. The van der Waals surface area contributed by atoms with Crippen molar-refractivity contribution in [3.63, 3.8) is 0 Å². The average molecular weight is 335 g/mol. The molecule has 0 radical (unpaired) electrons. The maximum Gasteiger partial charge on any atom is 0.280 e. The Morgan fingerprint density at radius 3 is 2.44 bits per heavy atom. The van der Waals surface area contributed by atoms with Crippen LogP contribution in [0.15, 0.2) is 53.5 Å². The maximum absolute atomic E-state index is 12.7. The van der Waals surface area contributed by atoms with Gasteiger partial charge in [-0.15, -0.1) is 5.10 Å². The summed E-state index contributed by atoms with van der Waals surface area (Å²) in [5, 5.41) is 8.39. The first kappa shape index (κ1) is 16.8. The highest BCUT2D eigenvalue weighted by Gasteiger charge is 2.17. The van der Waals surface area contributed by atoms with E-state index in [9.17, 15) is 4.79 Å². The fraction of sp³-hybridized carbons (Fsp3) is 0.263. The fourth-order valence-electron chi connectivity index (χ4n) is 2.63. The Bertz CT molecular complexity index is 907. The number of nitrogens with zero attached hydrogens (tertiary/aromatic N) is 5. The molecule has 2 aromatic carbocycles. The first-order valence-corrected chi connectivity index (χ1v) is 8.39. The summed E-state index contributed by atoms with van der Waals surface area (Å²) in [7, 11) is 0. The third-order valence-electron chi connectivity index (χ3n) is 4.09. The van der Waals surface area contributed by atoms with Crippen molar-refractivity contribution in [3.05, 3.63) is 59.7 Å². The van der Waals surface area contributed by atoms with E-state index in [-0.39, 0.29) is 5.91 Å². The van der Waals surface area contributed by atoms with E-state index in [4.69, 9.17) is 0 Å². The summed E-state index contributed by atoms with van der Waals surface area (Å²) in [6.07, 6.45) is 0. The number of carbonyl (C=O) groups excluding carboxylic acids is 1. The van der Waals surface area contributed by atoms with Crippen molar-refractivity contribution >= 4 is 22.9 Å². The fourth-order valence-corrected chi connectivity index (χ4v) is 2.63. The van der Waals surface area contributed by atoms with Gasteiger partial charge in [-0.3, -0.25) is 4.79 Å². The lowest BCUT2D eigenvalue weighted by Gasteiger charge is -2.22. The molecule has 1 aromatic heterocycles. The molecule has 0 saturated carbocycles. The predicted octanol–water partition coefficient (Wildman–Crippen LogP) is 3.13. The van der Waals surface area contributed by atoms with Crippen molar-refractivity contribution < 1.29 is 4.79 Å². The molecule has 6 heteroatoms. The first-order valence-electron chi connectivity index (χ1n) is 8.39. The van der Waals surface area contributed by atoms with Crippen LogP contribution in [0, 0.1) is 6.92 Å². The molecule has 3 rings (SSSR count). The zero-order valence-electron chi connectivity index (χ0n) is 14.7. The van der Waals surface area contributed by atoms with Crippen LogP contribution >= 0.6 is 0 Å². The molecule has 0 aliphatic heterocycles. The number of aromatic nitrogens is 3. The van der Waals surface area contributed by atoms with E-state index in [0.717, 1.165) is 16.6 Å². The molecular formula is C19H21N5O. The number of fused-ring (bicyclic) bond motifs is 1. The Labute approximate surface area is 146 Å². The standard InChI is InChI=1S/C19H21N5O/c1-4-23(5-2)19(20-18(25)15-12-10-14(3)11-13-15)24-17-9-7-6-8-16(17)21-22-24/h6-13H,4-5H2,1-3H3.